The van der Waals surface area contributed by atoms with Gasteiger partial charge in [0.15, 0.2) is 5.11 Å². The average Bonchev–Trinajstić information content (AvgIpc) is 2.49. The van der Waals surface area contributed by atoms with E-state index in [2.05, 4.69) is 15.8 Å². The monoisotopic (exact) mass is 387 g/mol. The van der Waals surface area contributed by atoms with Gasteiger partial charge in [0.2, 0.25) is 0 Å². The number of hydrogen-bond donors (Lipinski definition) is 3. The smallest absolute Gasteiger partial charge is 0.191 e. The van der Waals surface area contributed by atoms with E-state index in [1.165, 1.54) is 18.3 Å². The Morgan fingerprint density at radius 1 is 1.22 bits per heavy atom. The molecule has 2 aromatic rings. The molecule has 0 fully saturated rings. The van der Waals surface area contributed by atoms with Gasteiger partial charge in [0, 0.05) is 21.3 Å². The minimum absolute atomic E-state index is 0.105. The number of phenols is 1. The Labute approximate surface area is 154 Å². The third kappa shape index (κ3) is 4.72. The summed E-state index contributed by atoms with van der Waals surface area (Å²) in [6, 6.07) is 8.43. The normalized spacial score (nSPS) is 10.8. The molecule has 0 atom stereocenters. The molecule has 4 nitrogen and oxygen atoms in total. The van der Waals surface area contributed by atoms with Crippen LogP contribution in [0.2, 0.25) is 15.1 Å². The molecule has 0 saturated carbocycles. The van der Waals surface area contributed by atoms with Gasteiger partial charge in [-0.3, -0.25) is 5.43 Å². The van der Waals surface area contributed by atoms with E-state index in [-0.39, 0.29) is 15.9 Å². The number of aromatic hydroxyl groups is 1. The van der Waals surface area contributed by atoms with Crippen LogP contribution in [-0.4, -0.2) is 16.4 Å². The van der Waals surface area contributed by atoms with Crippen LogP contribution in [0.4, 0.5) is 5.69 Å². The first-order valence-corrected chi connectivity index (χ1v) is 7.96. The summed E-state index contributed by atoms with van der Waals surface area (Å²) in [6.07, 6.45) is 1.37. The first kappa shape index (κ1) is 17.8. The lowest BCUT2D eigenvalue weighted by atomic mass is 10.2. The number of hydrazone groups is 1. The van der Waals surface area contributed by atoms with E-state index in [0.717, 1.165) is 11.3 Å². The number of nitrogens with one attached hydrogen (secondary N) is 2. The minimum Gasteiger partial charge on any atom is -0.506 e. The summed E-state index contributed by atoms with van der Waals surface area (Å²) in [4.78, 5) is 0. The number of nitrogens with zero attached hydrogens (tertiary/aromatic N) is 1. The van der Waals surface area contributed by atoms with Crippen molar-refractivity contribution in [3.05, 3.63) is 56.5 Å². The van der Waals surface area contributed by atoms with Gasteiger partial charge in [-0.15, -0.1) is 0 Å². The SMILES string of the molecule is Cc1c(Cl)cccc1NC(=S)N/N=C/c1cc(Cl)cc(Cl)c1O. The topological polar surface area (TPSA) is 56.7 Å². The first-order valence-electron chi connectivity index (χ1n) is 6.41. The highest BCUT2D eigenvalue weighted by Gasteiger charge is 2.06. The van der Waals surface area contributed by atoms with Crippen molar-refractivity contribution >= 4 is 64.0 Å². The minimum atomic E-state index is -0.105. The average molecular weight is 389 g/mol. The van der Waals surface area contributed by atoms with Gasteiger partial charge in [-0.05, 0) is 49.0 Å². The number of benzene rings is 2. The van der Waals surface area contributed by atoms with Crippen molar-refractivity contribution in [1.82, 2.24) is 5.43 Å². The maximum atomic E-state index is 9.82. The zero-order chi connectivity index (χ0) is 17.0. The first-order chi connectivity index (χ1) is 10.9. The Kier molecular flexibility index (Phi) is 6.07. The predicted molar refractivity (Wildman–Crippen MR) is 101 cm³/mol. The van der Waals surface area contributed by atoms with E-state index in [1.807, 2.05) is 19.1 Å². The van der Waals surface area contributed by atoms with E-state index in [0.29, 0.717) is 15.6 Å². The van der Waals surface area contributed by atoms with Gasteiger partial charge in [-0.25, -0.2) is 0 Å². The van der Waals surface area contributed by atoms with Crippen LogP contribution in [0.15, 0.2) is 35.4 Å². The van der Waals surface area contributed by atoms with E-state index in [9.17, 15) is 5.11 Å². The van der Waals surface area contributed by atoms with Crippen LogP contribution in [0.5, 0.6) is 5.75 Å². The summed E-state index contributed by atoms with van der Waals surface area (Å²) in [7, 11) is 0. The lowest BCUT2D eigenvalue weighted by Gasteiger charge is -2.10. The molecule has 0 aliphatic carbocycles. The van der Waals surface area contributed by atoms with E-state index < -0.39 is 0 Å². The quantitative estimate of drug-likeness (QED) is 0.394. The molecule has 0 heterocycles. The Bertz CT molecular complexity index is 781. The second kappa shape index (κ2) is 7.84. The molecule has 0 aromatic heterocycles. The van der Waals surface area contributed by atoms with Gasteiger partial charge in [-0.2, -0.15) is 5.10 Å². The highest BCUT2D eigenvalue weighted by atomic mass is 35.5. The van der Waals surface area contributed by atoms with Crippen LogP contribution in [0.1, 0.15) is 11.1 Å². The highest BCUT2D eigenvalue weighted by Crippen LogP contribution is 2.30. The van der Waals surface area contributed by atoms with Gasteiger partial charge < -0.3 is 10.4 Å². The van der Waals surface area contributed by atoms with E-state index in [1.54, 1.807) is 6.07 Å². The number of hydrogen-bond acceptors (Lipinski definition) is 3. The summed E-state index contributed by atoms with van der Waals surface area (Å²) >= 11 is 22.9. The molecule has 8 heteroatoms. The lowest BCUT2D eigenvalue weighted by Crippen LogP contribution is -2.24. The Morgan fingerprint density at radius 3 is 2.70 bits per heavy atom. The molecular weight excluding hydrogens is 377 g/mol. The van der Waals surface area contributed by atoms with Crippen LogP contribution in [0.25, 0.3) is 0 Å². The summed E-state index contributed by atoms with van der Waals surface area (Å²) in [5, 5.41) is 18.2. The van der Waals surface area contributed by atoms with Crippen molar-refractivity contribution in [3.63, 3.8) is 0 Å². The third-order valence-electron chi connectivity index (χ3n) is 2.94. The second-order valence-electron chi connectivity index (χ2n) is 4.56. The maximum Gasteiger partial charge on any atom is 0.191 e. The highest BCUT2D eigenvalue weighted by molar-refractivity contribution is 7.80. The molecule has 120 valence electrons. The largest absolute Gasteiger partial charge is 0.506 e. The van der Waals surface area contributed by atoms with Gasteiger partial charge in [-0.1, -0.05) is 40.9 Å². The van der Waals surface area contributed by atoms with Crippen molar-refractivity contribution < 1.29 is 5.11 Å². The third-order valence-corrected chi connectivity index (χ3v) is 4.05. The van der Waals surface area contributed by atoms with Gasteiger partial charge in [0.1, 0.15) is 5.75 Å². The molecule has 2 rings (SSSR count). The van der Waals surface area contributed by atoms with Gasteiger partial charge in [0.25, 0.3) is 0 Å². The molecule has 0 amide bonds. The van der Waals surface area contributed by atoms with Crippen LogP contribution in [0, 0.1) is 6.92 Å². The molecule has 0 saturated heterocycles. The Balaban J connectivity index is 2.03. The number of halogens is 3. The molecule has 0 radical (unpaired) electrons. The molecule has 0 aliphatic rings. The van der Waals surface area contributed by atoms with Crippen molar-refractivity contribution in [2.45, 2.75) is 6.92 Å². The molecule has 0 unspecified atom stereocenters. The van der Waals surface area contributed by atoms with Gasteiger partial charge in [0.05, 0.1) is 11.2 Å². The van der Waals surface area contributed by atoms with Crippen LogP contribution in [0.3, 0.4) is 0 Å². The van der Waals surface area contributed by atoms with Crippen LogP contribution >= 0.6 is 47.0 Å². The van der Waals surface area contributed by atoms with Crippen molar-refractivity contribution in [1.29, 1.82) is 0 Å². The van der Waals surface area contributed by atoms with Crippen molar-refractivity contribution in [2.75, 3.05) is 5.32 Å². The summed E-state index contributed by atoms with van der Waals surface area (Å²) in [6.45, 7) is 1.88. The van der Waals surface area contributed by atoms with E-state index >= 15 is 0 Å². The fourth-order valence-electron chi connectivity index (χ4n) is 1.74. The number of rotatable bonds is 3. The molecule has 2 aromatic carbocycles. The van der Waals surface area contributed by atoms with Crippen molar-refractivity contribution in [2.24, 2.45) is 5.10 Å². The zero-order valence-corrected chi connectivity index (χ0v) is 15.0. The molecule has 3 N–H and O–H groups in total. The Morgan fingerprint density at radius 2 is 1.96 bits per heavy atom. The second-order valence-corrected chi connectivity index (χ2v) is 6.22. The molecule has 0 aliphatic heterocycles. The fraction of sp³-hybridized carbons (Fsp3) is 0.0667. The molecular formula is C15H12Cl3N3OS. The van der Waals surface area contributed by atoms with Crippen molar-refractivity contribution in [3.8, 4) is 5.75 Å². The summed E-state index contributed by atoms with van der Waals surface area (Å²) in [5.41, 5.74) is 4.67. The summed E-state index contributed by atoms with van der Waals surface area (Å²) in [5.74, 6) is -0.105. The fourth-order valence-corrected chi connectivity index (χ4v) is 2.58. The molecule has 23 heavy (non-hydrogen) atoms. The lowest BCUT2D eigenvalue weighted by molar-refractivity contribution is 0.474. The number of phenolic OH excluding ortho intramolecular Hbond substituents is 1. The zero-order valence-electron chi connectivity index (χ0n) is 11.9. The maximum absolute atomic E-state index is 9.82. The van der Waals surface area contributed by atoms with E-state index in [4.69, 9.17) is 47.0 Å². The van der Waals surface area contributed by atoms with Gasteiger partial charge >= 0.3 is 0 Å². The van der Waals surface area contributed by atoms with Crippen LogP contribution < -0.4 is 10.7 Å². The van der Waals surface area contributed by atoms with Crippen LogP contribution in [-0.2, 0) is 0 Å². The molecule has 0 bridgehead atoms. The number of thiocarbonyl (C=S) groups is 1. The Hall–Kier alpha value is -1.53. The standard InChI is InChI=1S/C15H12Cl3N3OS/c1-8-11(17)3-2-4-13(8)20-15(23)21-19-7-9-5-10(16)6-12(18)14(9)22/h2-7,22H,1H3,(H2,20,21,23)/b19-7+. The molecule has 0 spiro atoms. The predicted octanol–water partition coefficient (Wildman–Crippen LogP) is 4.98. The number of anilines is 1. The summed E-state index contributed by atoms with van der Waals surface area (Å²) < 4.78 is 0.